The van der Waals surface area contributed by atoms with E-state index >= 15 is 0 Å². The number of nitrogens with zero attached hydrogens (tertiary/aromatic N) is 2. The van der Waals surface area contributed by atoms with Gasteiger partial charge in [0.1, 0.15) is 11.6 Å². The molecule has 0 unspecified atom stereocenters. The second kappa shape index (κ2) is 10.7. The van der Waals surface area contributed by atoms with Crippen LogP contribution in [0.2, 0.25) is 0 Å². The maximum atomic E-state index is 13.0. The molecule has 0 spiro atoms. The lowest BCUT2D eigenvalue weighted by molar-refractivity contribution is 0.0944. The van der Waals surface area contributed by atoms with Gasteiger partial charge in [0.05, 0.1) is 33.5 Å². The Kier molecular flexibility index (Phi) is 7.25. The molecule has 2 aromatic carbocycles. The molecule has 4 aromatic rings. The molecular formula is C31H30N2O3S. The highest BCUT2D eigenvalue weighted by atomic mass is 32.1. The maximum absolute atomic E-state index is 13.0. The van der Waals surface area contributed by atoms with Crippen molar-refractivity contribution in [2.45, 2.75) is 51.5 Å². The third kappa shape index (κ3) is 4.97. The molecule has 2 atom stereocenters. The van der Waals surface area contributed by atoms with Gasteiger partial charge in [0.25, 0.3) is 0 Å². The first-order valence-corrected chi connectivity index (χ1v) is 13.6. The van der Waals surface area contributed by atoms with Gasteiger partial charge >= 0.3 is 0 Å². The Morgan fingerprint density at radius 3 is 2.73 bits per heavy atom. The van der Waals surface area contributed by atoms with E-state index in [9.17, 15) is 9.59 Å². The lowest BCUT2D eigenvalue weighted by Gasteiger charge is -2.31. The van der Waals surface area contributed by atoms with Crippen molar-refractivity contribution < 1.29 is 14.3 Å². The minimum Gasteiger partial charge on any atom is -0.496 e. The lowest BCUT2D eigenvalue weighted by Crippen LogP contribution is -2.22. The number of ketones is 2. The summed E-state index contributed by atoms with van der Waals surface area (Å²) in [6.07, 6.45) is 10.4. The van der Waals surface area contributed by atoms with Crippen molar-refractivity contribution in [2.24, 2.45) is 5.92 Å². The third-order valence-electron chi connectivity index (χ3n) is 7.30. The number of imidazole rings is 1. The van der Waals surface area contributed by atoms with Crippen LogP contribution in [0.1, 0.15) is 76.4 Å². The van der Waals surface area contributed by atoms with Crippen LogP contribution in [0, 0.1) is 18.3 Å². The molecule has 0 amide bonds. The summed E-state index contributed by atoms with van der Waals surface area (Å²) in [6.45, 7) is 1.87. The summed E-state index contributed by atoms with van der Waals surface area (Å²) >= 11 is 1.40. The number of rotatable bonds is 8. The standard InChI is InChI=1S/C31H30N2O3S/c1-4-23-14-16-30(37-23)28(35)18-20-9-8-10-22(17-20)33-26-15-13-21(27(34)5-2)19-25(26)32-31(33)24-11-6-7-12-29(24)36-3/h1,6-7,11-16,19-20,22H,5,8-10,17-18H2,2-3H3/t20-,22+/m1/s1. The Morgan fingerprint density at radius 2 is 1.97 bits per heavy atom. The normalized spacial score (nSPS) is 17.4. The number of benzene rings is 2. The first-order chi connectivity index (χ1) is 18.0. The minimum atomic E-state index is 0.105. The molecule has 0 radical (unpaired) electrons. The smallest absolute Gasteiger partial charge is 0.173 e. The van der Waals surface area contributed by atoms with Gasteiger partial charge in [-0.15, -0.1) is 17.8 Å². The van der Waals surface area contributed by atoms with Crippen LogP contribution in [0.25, 0.3) is 22.4 Å². The molecule has 1 aliphatic rings. The number of carbonyl (C=O) groups is 2. The molecule has 37 heavy (non-hydrogen) atoms. The molecule has 0 N–H and O–H groups in total. The number of fused-ring (bicyclic) bond motifs is 1. The van der Waals surface area contributed by atoms with Crippen molar-refractivity contribution in [3.63, 3.8) is 0 Å². The highest BCUT2D eigenvalue weighted by Crippen LogP contribution is 2.41. The Labute approximate surface area is 221 Å². The zero-order valence-corrected chi connectivity index (χ0v) is 22.0. The number of aromatic nitrogens is 2. The predicted molar refractivity (Wildman–Crippen MR) is 149 cm³/mol. The summed E-state index contributed by atoms with van der Waals surface area (Å²) in [7, 11) is 1.67. The molecule has 6 heteroatoms. The molecule has 5 nitrogen and oxygen atoms in total. The lowest BCUT2D eigenvalue weighted by atomic mass is 9.82. The molecule has 1 fully saturated rings. The highest BCUT2D eigenvalue weighted by Gasteiger charge is 2.29. The van der Waals surface area contributed by atoms with Crippen LogP contribution in [-0.2, 0) is 0 Å². The zero-order chi connectivity index (χ0) is 25.9. The number of hydrogen-bond donors (Lipinski definition) is 0. The highest BCUT2D eigenvalue weighted by molar-refractivity contribution is 7.14. The third-order valence-corrected chi connectivity index (χ3v) is 8.36. The average molecular weight is 511 g/mol. The zero-order valence-electron chi connectivity index (χ0n) is 21.2. The average Bonchev–Trinajstić information content (AvgIpc) is 3.57. The molecule has 2 heterocycles. The Bertz CT molecular complexity index is 1510. The van der Waals surface area contributed by atoms with Crippen LogP contribution < -0.4 is 4.74 Å². The van der Waals surface area contributed by atoms with Crippen LogP contribution in [0.3, 0.4) is 0 Å². The minimum absolute atomic E-state index is 0.105. The van der Waals surface area contributed by atoms with E-state index in [0.717, 1.165) is 63.6 Å². The van der Waals surface area contributed by atoms with Gasteiger partial charge < -0.3 is 9.30 Å². The SMILES string of the molecule is C#Cc1ccc(C(=O)C[C@@H]2CCC[C@H](n3c(-c4ccccc4OC)nc4cc(C(=O)CC)ccc43)C2)s1. The van der Waals surface area contributed by atoms with E-state index in [0.29, 0.717) is 18.4 Å². The molecule has 0 aliphatic heterocycles. The van der Waals surface area contributed by atoms with Crippen LogP contribution >= 0.6 is 11.3 Å². The topological polar surface area (TPSA) is 61.2 Å². The molecule has 1 saturated carbocycles. The number of hydrogen-bond acceptors (Lipinski definition) is 5. The Balaban J connectivity index is 1.52. The largest absolute Gasteiger partial charge is 0.496 e. The van der Waals surface area contributed by atoms with E-state index in [-0.39, 0.29) is 23.5 Å². The number of para-hydroxylation sites is 1. The van der Waals surface area contributed by atoms with Crippen LogP contribution in [-0.4, -0.2) is 28.2 Å². The van der Waals surface area contributed by atoms with E-state index in [1.54, 1.807) is 7.11 Å². The van der Waals surface area contributed by atoms with E-state index in [1.807, 2.05) is 61.5 Å². The number of carbonyl (C=O) groups excluding carboxylic acids is 2. The van der Waals surface area contributed by atoms with Gasteiger partial charge in [0.15, 0.2) is 11.6 Å². The van der Waals surface area contributed by atoms with E-state index in [4.69, 9.17) is 16.1 Å². The van der Waals surface area contributed by atoms with Gasteiger partial charge in [-0.05, 0) is 67.6 Å². The van der Waals surface area contributed by atoms with Crippen molar-refractivity contribution in [1.29, 1.82) is 0 Å². The summed E-state index contributed by atoms with van der Waals surface area (Å²) in [5.74, 6) is 4.77. The van der Waals surface area contributed by atoms with Gasteiger partial charge in [-0.25, -0.2) is 4.98 Å². The fourth-order valence-corrected chi connectivity index (χ4v) is 6.24. The molecule has 1 aliphatic carbocycles. The number of thiophene rings is 1. The van der Waals surface area contributed by atoms with Gasteiger partial charge in [0, 0.05) is 24.4 Å². The second-order valence-electron chi connectivity index (χ2n) is 9.61. The summed E-state index contributed by atoms with van der Waals surface area (Å²) in [6, 6.07) is 17.6. The summed E-state index contributed by atoms with van der Waals surface area (Å²) in [5.41, 5.74) is 3.41. The Morgan fingerprint density at radius 1 is 1.14 bits per heavy atom. The molecule has 2 aromatic heterocycles. The van der Waals surface area contributed by atoms with Gasteiger partial charge in [0.2, 0.25) is 0 Å². The van der Waals surface area contributed by atoms with E-state index in [2.05, 4.69) is 10.5 Å². The number of methoxy groups -OCH3 is 1. The quantitative estimate of drug-likeness (QED) is 0.184. The van der Waals surface area contributed by atoms with Crippen LogP contribution in [0.5, 0.6) is 5.75 Å². The number of terminal acetylenes is 1. The van der Waals surface area contributed by atoms with Crippen molar-refractivity contribution in [1.82, 2.24) is 9.55 Å². The molecular weight excluding hydrogens is 480 g/mol. The fourth-order valence-electron chi connectivity index (χ4n) is 5.48. The number of Topliss-reactive ketones (excluding diaryl/α,β-unsaturated/α-hetero) is 2. The summed E-state index contributed by atoms with van der Waals surface area (Å²) in [5, 5.41) is 0. The molecule has 0 bridgehead atoms. The van der Waals surface area contributed by atoms with Crippen molar-refractivity contribution in [3.8, 4) is 29.5 Å². The monoisotopic (exact) mass is 510 g/mol. The summed E-state index contributed by atoms with van der Waals surface area (Å²) in [4.78, 5) is 32.0. The van der Waals surface area contributed by atoms with Crippen molar-refractivity contribution >= 4 is 33.9 Å². The summed E-state index contributed by atoms with van der Waals surface area (Å²) < 4.78 is 8.00. The van der Waals surface area contributed by atoms with Crippen LogP contribution in [0.4, 0.5) is 0 Å². The maximum Gasteiger partial charge on any atom is 0.173 e. The van der Waals surface area contributed by atoms with E-state index in [1.165, 1.54) is 11.3 Å². The fraction of sp³-hybridized carbons (Fsp3) is 0.323. The molecule has 5 rings (SSSR count). The van der Waals surface area contributed by atoms with Gasteiger partial charge in [-0.3, -0.25) is 9.59 Å². The molecule has 0 saturated heterocycles. The van der Waals surface area contributed by atoms with Crippen molar-refractivity contribution in [3.05, 3.63) is 69.9 Å². The van der Waals surface area contributed by atoms with Gasteiger partial charge in [-0.2, -0.15) is 0 Å². The first-order valence-electron chi connectivity index (χ1n) is 12.8. The predicted octanol–water partition coefficient (Wildman–Crippen LogP) is 7.35. The molecule has 188 valence electrons. The Hall–Kier alpha value is -3.69. The second-order valence-corrected chi connectivity index (χ2v) is 10.7. The first kappa shape index (κ1) is 25.0. The number of ether oxygens (including phenoxy) is 1. The van der Waals surface area contributed by atoms with Crippen molar-refractivity contribution in [2.75, 3.05) is 7.11 Å². The van der Waals surface area contributed by atoms with E-state index < -0.39 is 0 Å². The van der Waals surface area contributed by atoms with Gasteiger partial charge in [-0.1, -0.05) is 31.4 Å². The van der Waals surface area contributed by atoms with Crippen LogP contribution in [0.15, 0.2) is 54.6 Å².